The Morgan fingerprint density at radius 3 is 2.44 bits per heavy atom. The van der Waals surface area contributed by atoms with E-state index in [0.717, 1.165) is 83.1 Å². The summed E-state index contributed by atoms with van der Waals surface area (Å²) in [5.41, 5.74) is 6.86. The zero-order valence-electron chi connectivity index (χ0n) is 21.3. The van der Waals surface area contributed by atoms with Crippen LogP contribution in [0.15, 0.2) is 48.9 Å². The highest BCUT2D eigenvalue weighted by molar-refractivity contribution is 6.10. The minimum Gasteiger partial charge on any atom is -0.381 e. The minimum atomic E-state index is 0.161. The number of aromatic amines is 1. The van der Waals surface area contributed by atoms with Crippen molar-refractivity contribution in [3.05, 3.63) is 54.5 Å². The fourth-order valence-corrected chi connectivity index (χ4v) is 5.92. The molecule has 0 spiro atoms. The number of imidazole rings is 1. The average molecular weight is 482 g/mol. The molecule has 2 fully saturated rings. The highest BCUT2D eigenvalue weighted by Gasteiger charge is 2.33. The Morgan fingerprint density at radius 2 is 1.69 bits per heavy atom. The van der Waals surface area contributed by atoms with Crippen molar-refractivity contribution < 1.29 is 4.79 Å². The number of ketones is 1. The van der Waals surface area contributed by atoms with Crippen molar-refractivity contribution >= 4 is 33.4 Å². The third-order valence-corrected chi connectivity index (χ3v) is 8.21. The molecule has 2 aromatic heterocycles. The molecule has 36 heavy (non-hydrogen) atoms. The molecule has 0 saturated heterocycles. The van der Waals surface area contributed by atoms with Crippen LogP contribution >= 0.6 is 0 Å². The number of nitrogens with zero attached hydrogens (tertiary/aromatic N) is 3. The van der Waals surface area contributed by atoms with E-state index in [4.69, 9.17) is 4.98 Å². The summed E-state index contributed by atoms with van der Waals surface area (Å²) in [4.78, 5) is 28.2. The Kier molecular flexibility index (Phi) is 6.22. The molecule has 6 rings (SSSR count). The van der Waals surface area contributed by atoms with Crippen LogP contribution in [0.25, 0.3) is 33.1 Å². The highest BCUT2D eigenvalue weighted by atomic mass is 16.1. The van der Waals surface area contributed by atoms with Gasteiger partial charge in [0.25, 0.3) is 0 Å². The van der Waals surface area contributed by atoms with Crippen LogP contribution in [0.2, 0.25) is 0 Å². The zero-order chi connectivity index (χ0) is 24.6. The van der Waals surface area contributed by atoms with Gasteiger partial charge < -0.3 is 15.2 Å². The first-order valence-electron chi connectivity index (χ1n) is 13.6. The first kappa shape index (κ1) is 23.2. The Labute approximate surface area is 212 Å². The van der Waals surface area contributed by atoms with Gasteiger partial charge in [0.1, 0.15) is 0 Å². The summed E-state index contributed by atoms with van der Waals surface area (Å²) in [6.07, 6.45) is 10.2. The minimum absolute atomic E-state index is 0.161. The molecule has 6 heteroatoms. The van der Waals surface area contributed by atoms with Crippen LogP contribution in [0.3, 0.4) is 0 Å². The molecule has 2 aromatic carbocycles. The number of H-pyrrole nitrogens is 1. The van der Waals surface area contributed by atoms with Crippen LogP contribution in [0.4, 0.5) is 5.69 Å². The molecule has 186 valence electrons. The average Bonchev–Trinajstić information content (AvgIpc) is 3.66. The van der Waals surface area contributed by atoms with Crippen LogP contribution in [-0.2, 0) is 0 Å². The highest BCUT2D eigenvalue weighted by Crippen LogP contribution is 2.39. The van der Waals surface area contributed by atoms with Crippen LogP contribution in [0.5, 0.6) is 0 Å². The lowest BCUT2D eigenvalue weighted by Gasteiger charge is -2.36. The maximum absolute atomic E-state index is 13.3. The summed E-state index contributed by atoms with van der Waals surface area (Å²) in [5.74, 6) is 0.403. The third kappa shape index (κ3) is 4.39. The summed E-state index contributed by atoms with van der Waals surface area (Å²) in [5, 5.41) is 4.89. The van der Waals surface area contributed by atoms with Crippen LogP contribution in [0.1, 0.15) is 62.7 Å². The molecular weight excluding hydrogens is 446 g/mol. The van der Waals surface area contributed by atoms with Crippen molar-refractivity contribution in [2.45, 2.75) is 64.5 Å². The molecule has 0 amide bonds. The summed E-state index contributed by atoms with van der Waals surface area (Å²) in [6, 6.07) is 13.7. The van der Waals surface area contributed by atoms with Crippen LogP contribution in [0, 0.1) is 5.92 Å². The summed E-state index contributed by atoms with van der Waals surface area (Å²) in [7, 11) is 0. The molecule has 2 heterocycles. The maximum Gasteiger partial charge on any atom is 0.169 e. The van der Waals surface area contributed by atoms with Gasteiger partial charge in [-0.1, -0.05) is 26.0 Å². The fraction of sp³-hybridized carbons (Fsp3) is 0.433. The van der Waals surface area contributed by atoms with Gasteiger partial charge in [-0.05, 0) is 87.0 Å². The molecule has 0 bridgehead atoms. The largest absolute Gasteiger partial charge is 0.381 e. The first-order chi connectivity index (χ1) is 17.6. The first-order valence-corrected chi connectivity index (χ1v) is 13.6. The predicted molar refractivity (Wildman–Crippen MR) is 146 cm³/mol. The van der Waals surface area contributed by atoms with Gasteiger partial charge in [0.2, 0.25) is 0 Å². The number of anilines is 1. The van der Waals surface area contributed by atoms with Gasteiger partial charge in [0, 0.05) is 29.6 Å². The van der Waals surface area contributed by atoms with Gasteiger partial charge in [0.15, 0.2) is 5.78 Å². The lowest BCUT2D eigenvalue weighted by Crippen LogP contribution is -2.40. The Balaban J connectivity index is 1.36. The molecule has 2 aliphatic rings. The number of nitrogens with one attached hydrogen (secondary N) is 2. The quantitative estimate of drug-likeness (QED) is 0.284. The van der Waals surface area contributed by atoms with Gasteiger partial charge in [-0.2, -0.15) is 0 Å². The van der Waals surface area contributed by atoms with Crippen molar-refractivity contribution in [2.75, 3.05) is 18.4 Å². The van der Waals surface area contributed by atoms with E-state index in [1.807, 2.05) is 6.20 Å². The van der Waals surface area contributed by atoms with E-state index >= 15 is 0 Å². The SMILES string of the molecule is CCN(CC)C1CCC(Nc2c(C(=O)C3CC3)cnc3ccc(-c4ccc5[nH]cnc5c4)cc23)CC1. The Bertz CT molecular complexity index is 1390. The van der Waals surface area contributed by atoms with E-state index in [1.54, 1.807) is 6.33 Å². The number of fused-ring (bicyclic) bond motifs is 2. The third-order valence-electron chi connectivity index (χ3n) is 8.21. The van der Waals surface area contributed by atoms with Crippen LogP contribution in [-0.4, -0.2) is 50.8 Å². The molecule has 2 N–H and O–H groups in total. The molecule has 0 atom stereocenters. The number of carbonyl (C=O) groups is 1. The molecule has 4 aromatic rings. The maximum atomic E-state index is 13.3. The van der Waals surface area contributed by atoms with Crippen molar-refractivity contribution in [2.24, 2.45) is 5.92 Å². The standard InChI is InChI=1S/C30H35N5O/c1-3-35(4-2)23-11-9-22(10-12-23)34-29-24-15-20(21-8-14-27-28(16-21)33-18-32-27)7-13-26(24)31-17-25(29)30(36)19-5-6-19/h7-8,13-19,22-23H,3-6,9-12H2,1-2H3,(H,31,34)(H,32,33). The number of aromatic nitrogens is 3. The molecule has 6 nitrogen and oxygen atoms in total. The van der Waals surface area contributed by atoms with Gasteiger partial charge >= 0.3 is 0 Å². The van der Waals surface area contributed by atoms with Gasteiger partial charge in [0.05, 0.1) is 34.1 Å². The fourth-order valence-electron chi connectivity index (χ4n) is 5.92. The zero-order valence-corrected chi connectivity index (χ0v) is 21.3. The lowest BCUT2D eigenvalue weighted by molar-refractivity contribution is 0.0968. The van der Waals surface area contributed by atoms with Crippen molar-refractivity contribution in [1.29, 1.82) is 0 Å². The number of pyridine rings is 1. The molecule has 0 unspecified atom stereocenters. The summed E-state index contributed by atoms with van der Waals surface area (Å²) < 4.78 is 0. The smallest absolute Gasteiger partial charge is 0.169 e. The van der Waals surface area contributed by atoms with E-state index in [2.05, 4.69) is 70.4 Å². The van der Waals surface area contributed by atoms with Crippen LogP contribution < -0.4 is 5.32 Å². The second kappa shape index (κ2) is 9.66. The number of carbonyl (C=O) groups excluding carboxylic acids is 1. The second-order valence-corrected chi connectivity index (χ2v) is 10.4. The predicted octanol–water partition coefficient (Wildman–Crippen LogP) is 6.44. The number of hydrogen-bond donors (Lipinski definition) is 2. The lowest BCUT2D eigenvalue weighted by atomic mass is 9.89. The van der Waals surface area contributed by atoms with Crippen molar-refractivity contribution in [3.63, 3.8) is 0 Å². The number of Topliss-reactive ketones (excluding diaryl/α,β-unsaturated/α-hetero) is 1. The van der Waals surface area contributed by atoms with E-state index in [-0.39, 0.29) is 11.7 Å². The van der Waals surface area contributed by atoms with E-state index in [9.17, 15) is 4.79 Å². The normalized spacial score (nSPS) is 20.3. The van der Waals surface area contributed by atoms with Crippen molar-refractivity contribution in [3.8, 4) is 11.1 Å². The monoisotopic (exact) mass is 481 g/mol. The molecule has 0 radical (unpaired) electrons. The Morgan fingerprint density at radius 1 is 0.944 bits per heavy atom. The summed E-state index contributed by atoms with van der Waals surface area (Å²) in [6.45, 7) is 6.74. The molecule has 2 saturated carbocycles. The summed E-state index contributed by atoms with van der Waals surface area (Å²) >= 11 is 0. The van der Waals surface area contributed by atoms with E-state index in [1.165, 1.54) is 12.8 Å². The number of rotatable bonds is 8. The van der Waals surface area contributed by atoms with E-state index in [0.29, 0.717) is 12.1 Å². The Hall–Kier alpha value is -3.25. The topological polar surface area (TPSA) is 73.9 Å². The van der Waals surface area contributed by atoms with E-state index < -0.39 is 0 Å². The second-order valence-electron chi connectivity index (χ2n) is 10.4. The van der Waals surface area contributed by atoms with Gasteiger partial charge in [-0.3, -0.25) is 9.78 Å². The van der Waals surface area contributed by atoms with Gasteiger partial charge in [-0.25, -0.2) is 4.98 Å². The molecular formula is C30H35N5O. The van der Waals surface area contributed by atoms with Gasteiger partial charge in [-0.15, -0.1) is 0 Å². The molecule has 0 aliphatic heterocycles. The van der Waals surface area contributed by atoms with Crippen molar-refractivity contribution in [1.82, 2.24) is 19.9 Å². The molecule has 2 aliphatic carbocycles. The number of benzene rings is 2. The number of hydrogen-bond acceptors (Lipinski definition) is 5.